The molecular formula is C28H37O2P. The molecule has 0 aromatic heterocycles. The molecule has 0 amide bonds. The SMILES string of the molecule is CCC1c2cccc3c(OC(OC4CC5CC4C4CCCC54)C(C)C)ccc(c23)C1P. The van der Waals surface area contributed by atoms with Gasteiger partial charge in [0.25, 0.3) is 0 Å². The molecule has 3 saturated carbocycles. The average molecular weight is 437 g/mol. The van der Waals surface area contributed by atoms with Crippen LogP contribution in [0.4, 0.5) is 0 Å². The Bertz CT molecular complexity index is 984. The highest BCUT2D eigenvalue weighted by Crippen LogP contribution is 2.60. The van der Waals surface area contributed by atoms with Gasteiger partial charge in [-0.05, 0) is 84.3 Å². The van der Waals surface area contributed by atoms with Crippen LogP contribution in [-0.2, 0) is 4.74 Å². The van der Waals surface area contributed by atoms with Crippen LogP contribution in [0.25, 0.3) is 10.8 Å². The standard InChI is InChI=1S/C28H37O2P/c1-4-17-20-9-6-10-21-24(12-11-22(26(20)21)27(17)31)29-28(15(2)3)30-25-14-16-13-23(25)19-8-5-7-18(16)19/h6,9-12,15-19,23,25,27-28H,4-5,7-8,13-14,31H2,1-3H3. The molecule has 0 aliphatic heterocycles. The van der Waals surface area contributed by atoms with E-state index in [-0.39, 0.29) is 6.29 Å². The number of ether oxygens (including phenoxy) is 2. The molecule has 6 rings (SSSR count). The van der Waals surface area contributed by atoms with Gasteiger partial charge in [-0.15, -0.1) is 9.24 Å². The summed E-state index contributed by atoms with van der Waals surface area (Å²) in [5.41, 5.74) is 3.45. The van der Waals surface area contributed by atoms with Crippen LogP contribution >= 0.6 is 9.24 Å². The van der Waals surface area contributed by atoms with E-state index in [0.29, 0.717) is 23.6 Å². The Kier molecular flexibility index (Phi) is 5.12. The summed E-state index contributed by atoms with van der Waals surface area (Å²) in [4.78, 5) is 0. The van der Waals surface area contributed by atoms with Gasteiger partial charge in [-0.2, -0.15) is 0 Å². The van der Waals surface area contributed by atoms with Crippen LogP contribution < -0.4 is 4.74 Å². The number of fused-ring (bicyclic) bond motifs is 5. The van der Waals surface area contributed by atoms with E-state index in [1.54, 1.807) is 0 Å². The van der Waals surface area contributed by atoms with Crippen molar-refractivity contribution in [2.24, 2.45) is 29.6 Å². The maximum atomic E-state index is 6.78. The van der Waals surface area contributed by atoms with Crippen molar-refractivity contribution >= 4 is 20.0 Å². The molecule has 9 unspecified atom stereocenters. The summed E-state index contributed by atoms with van der Waals surface area (Å²) in [5.74, 6) is 5.54. The Morgan fingerprint density at radius 1 is 1.00 bits per heavy atom. The molecular weight excluding hydrogens is 399 g/mol. The first-order chi connectivity index (χ1) is 15.1. The zero-order valence-corrected chi connectivity index (χ0v) is 20.4. The van der Waals surface area contributed by atoms with E-state index in [0.717, 1.165) is 29.4 Å². The average Bonchev–Trinajstić information content (AvgIpc) is 3.51. The summed E-state index contributed by atoms with van der Waals surface area (Å²) in [7, 11) is 3.09. The van der Waals surface area contributed by atoms with Crippen LogP contribution in [0, 0.1) is 29.6 Å². The fourth-order valence-electron chi connectivity index (χ4n) is 7.79. The van der Waals surface area contributed by atoms with Crippen molar-refractivity contribution in [3.63, 3.8) is 0 Å². The first kappa shape index (κ1) is 20.5. The van der Waals surface area contributed by atoms with E-state index in [2.05, 4.69) is 60.3 Å². The molecule has 4 aliphatic rings. The second kappa shape index (κ2) is 7.74. The van der Waals surface area contributed by atoms with E-state index in [9.17, 15) is 0 Å². The maximum absolute atomic E-state index is 6.78. The van der Waals surface area contributed by atoms with E-state index in [1.165, 1.54) is 60.4 Å². The van der Waals surface area contributed by atoms with Crippen LogP contribution in [0.3, 0.4) is 0 Å². The Morgan fingerprint density at radius 2 is 1.84 bits per heavy atom. The number of hydrogen-bond donors (Lipinski definition) is 0. The molecule has 2 bridgehead atoms. The first-order valence-corrected chi connectivity index (χ1v) is 13.4. The summed E-state index contributed by atoms with van der Waals surface area (Å²) in [6.45, 7) is 6.78. The molecule has 3 fully saturated rings. The third-order valence-electron chi connectivity index (χ3n) is 9.16. The smallest absolute Gasteiger partial charge is 0.202 e. The first-order valence-electron chi connectivity index (χ1n) is 12.7. The highest BCUT2D eigenvalue weighted by molar-refractivity contribution is 7.17. The van der Waals surface area contributed by atoms with Crippen LogP contribution in [0.2, 0.25) is 0 Å². The zero-order valence-electron chi connectivity index (χ0n) is 19.2. The molecule has 0 spiro atoms. The highest BCUT2D eigenvalue weighted by Gasteiger charge is 2.54. The normalized spacial score (nSPS) is 36.5. The molecule has 9 atom stereocenters. The monoisotopic (exact) mass is 436 g/mol. The van der Waals surface area contributed by atoms with Gasteiger partial charge in [0, 0.05) is 17.0 Å². The minimum atomic E-state index is -0.170. The molecule has 3 heteroatoms. The Morgan fingerprint density at radius 3 is 2.65 bits per heavy atom. The molecule has 2 aromatic rings. The van der Waals surface area contributed by atoms with Crippen LogP contribution in [0.15, 0.2) is 30.3 Å². The van der Waals surface area contributed by atoms with Crippen molar-refractivity contribution in [2.45, 2.75) is 83.3 Å². The van der Waals surface area contributed by atoms with Gasteiger partial charge in [0.05, 0.1) is 6.10 Å². The molecule has 2 aromatic carbocycles. The van der Waals surface area contributed by atoms with Gasteiger partial charge >= 0.3 is 0 Å². The number of rotatable bonds is 6. The largest absolute Gasteiger partial charge is 0.464 e. The summed E-state index contributed by atoms with van der Waals surface area (Å²) in [6, 6.07) is 11.3. The fourth-order valence-corrected chi connectivity index (χ4v) is 8.55. The Labute approximate surface area is 189 Å². The third kappa shape index (κ3) is 3.12. The summed E-state index contributed by atoms with van der Waals surface area (Å²) in [5, 5.41) is 2.68. The summed E-state index contributed by atoms with van der Waals surface area (Å²) >= 11 is 0. The lowest BCUT2D eigenvalue weighted by Gasteiger charge is -2.35. The van der Waals surface area contributed by atoms with Crippen molar-refractivity contribution in [3.05, 3.63) is 41.5 Å². The van der Waals surface area contributed by atoms with E-state index < -0.39 is 0 Å². The zero-order chi connectivity index (χ0) is 21.3. The van der Waals surface area contributed by atoms with E-state index in [1.807, 2.05) is 0 Å². The molecule has 0 N–H and O–H groups in total. The van der Waals surface area contributed by atoms with Crippen LogP contribution in [0.5, 0.6) is 5.75 Å². The quantitative estimate of drug-likeness (QED) is 0.345. The van der Waals surface area contributed by atoms with E-state index >= 15 is 0 Å². The summed E-state index contributed by atoms with van der Waals surface area (Å²) < 4.78 is 13.5. The number of hydrogen-bond acceptors (Lipinski definition) is 2. The van der Waals surface area contributed by atoms with Crippen molar-refractivity contribution in [1.29, 1.82) is 0 Å². The molecule has 166 valence electrons. The Hall–Kier alpha value is -1.11. The predicted molar refractivity (Wildman–Crippen MR) is 131 cm³/mol. The fraction of sp³-hybridized carbons (Fsp3) is 0.643. The highest BCUT2D eigenvalue weighted by atomic mass is 31.0. The molecule has 0 heterocycles. The molecule has 2 nitrogen and oxygen atoms in total. The second-order valence-corrected chi connectivity index (χ2v) is 11.7. The third-order valence-corrected chi connectivity index (χ3v) is 9.98. The minimum Gasteiger partial charge on any atom is -0.464 e. The van der Waals surface area contributed by atoms with Crippen molar-refractivity contribution < 1.29 is 9.47 Å². The topological polar surface area (TPSA) is 18.5 Å². The van der Waals surface area contributed by atoms with E-state index in [4.69, 9.17) is 9.47 Å². The number of benzene rings is 2. The van der Waals surface area contributed by atoms with Crippen molar-refractivity contribution in [1.82, 2.24) is 0 Å². The minimum absolute atomic E-state index is 0.170. The maximum Gasteiger partial charge on any atom is 0.202 e. The lowest BCUT2D eigenvalue weighted by Crippen LogP contribution is -2.37. The second-order valence-electron chi connectivity index (χ2n) is 11.0. The predicted octanol–water partition coefficient (Wildman–Crippen LogP) is 7.47. The van der Waals surface area contributed by atoms with Gasteiger partial charge in [-0.25, -0.2) is 0 Å². The summed E-state index contributed by atoms with van der Waals surface area (Å²) in [6.07, 6.45) is 8.40. The van der Waals surface area contributed by atoms with Gasteiger partial charge in [0.2, 0.25) is 6.29 Å². The molecule has 0 radical (unpaired) electrons. The molecule has 4 aliphatic carbocycles. The van der Waals surface area contributed by atoms with Crippen LogP contribution in [0.1, 0.15) is 82.0 Å². The van der Waals surface area contributed by atoms with Gasteiger partial charge in [0.15, 0.2) is 0 Å². The van der Waals surface area contributed by atoms with Crippen molar-refractivity contribution in [2.75, 3.05) is 0 Å². The van der Waals surface area contributed by atoms with Crippen molar-refractivity contribution in [3.8, 4) is 5.75 Å². The molecule has 31 heavy (non-hydrogen) atoms. The Balaban J connectivity index is 1.27. The van der Waals surface area contributed by atoms with Gasteiger partial charge in [-0.3, -0.25) is 0 Å². The lowest BCUT2D eigenvalue weighted by molar-refractivity contribution is -0.162. The van der Waals surface area contributed by atoms with Gasteiger partial charge in [0.1, 0.15) is 5.75 Å². The van der Waals surface area contributed by atoms with Gasteiger partial charge < -0.3 is 9.47 Å². The molecule has 0 saturated heterocycles. The lowest BCUT2D eigenvalue weighted by atomic mass is 9.80. The van der Waals surface area contributed by atoms with Gasteiger partial charge in [-0.1, -0.05) is 51.5 Å². The van der Waals surface area contributed by atoms with Crippen LogP contribution in [-0.4, -0.2) is 12.4 Å².